The number of nitrogens with zero attached hydrogens (tertiary/aromatic N) is 2. The Balaban J connectivity index is 0.00000261. The molecule has 0 radical (unpaired) electrons. The number of hydrogen-bond acceptors (Lipinski definition) is 5. The molecule has 0 saturated carbocycles. The van der Waals surface area contributed by atoms with Gasteiger partial charge in [-0.3, -0.25) is 9.59 Å². The van der Waals surface area contributed by atoms with Crippen LogP contribution in [0, 0.1) is 17.3 Å². The third-order valence-electron chi connectivity index (χ3n) is 6.07. The van der Waals surface area contributed by atoms with E-state index in [1.54, 1.807) is 4.90 Å². The number of amides is 2. The van der Waals surface area contributed by atoms with Crippen molar-refractivity contribution in [2.75, 3.05) is 66.7 Å². The summed E-state index contributed by atoms with van der Waals surface area (Å²) < 4.78 is 10.8. The first-order chi connectivity index (χ1) is 12.5. The van der Waals surface area contributed by atoms with Crippen molar-refractivity contribution in [2.24, 2.45) is 17.3 Å². The molecule has 0 aromatic carbocycles. The van der Waals surface area contributed by atoms with Crippen molar-refractivity contribution in [1.29, 1.82) is 0 Å². The van der Waals surface area contributed by atoms with E-state index in [1.165, 1.54) is 0 Å². The van der Waals surface area contributed by atoms with Gasteiger partial charge in [0.1, 0.15) is 0 Å². The zero-order chi connectivity index (χ0) is 18.6. The molecule has 3 unspecified atom stereocenters. The second-order valence-electron chi connectivity index (χ2n) is 8.30. The van der Waals surface area contributed by atoms with Gasteiger partial charge in [0, 0.05) is 65.2 Å². The second-order valence-corrected chi connectivity index (χ2v) is 8.30. The van der Waals surface area contributed by atoms with Crippen molar-refractivity contribution in [1.82, 2.24) is 15.1 Å². The first-order valence-corrected chi connectivity index (χ1v) is 9.86. The Morgan fingerprint density at radius 1 is 1.04 bits per heavy atom. The van der Waals surface area contributed by atoms with Crippen molar-refractivity contribution >= 4 is 24.2 Å². The Bertz CT molecular complexity index is 501. The molecule has 3 atom stereocenters. The maximum Gasteiger partial charge on any atom is 0.230 e. The monoisotopic (exact) mass is 403 g/mol. The maximum atomic E-state index is 13.2. The molecule has 0 spiro atoms. The highest BCUT2D eigenvalue weighted by Gasteiger charge is 2.45. The maximum absolute atomic E-state index is 13.2. The molecule has 3 heterocycles. The minimum Gasteiger partial charge on any atom is -0.381 e. The first kappa shape index (κ1) is 22.4. The molecule has 3 aliphatic rings. The standard InChI is InChI=1S/C19H33N3O4.ClH/c1-21(10-15-3-7-25-12-15)17(23)9-19(5-6-20-14-19)18(24)22(2)11-16-4-8-26-13-16;/h15-16,20H,3-14H2,1-2H3;1H. The molecule has 3 saturated heterocycles. The van der Waals surface area contributed by atoms with Gasteiger partial charge in [-0.05, 0) is 25.8 Å². The van der Waals surface area contributed by atoms with Gasteiger partial charge in [0.25, 0.3) is 0 Å². The van der Waals surface area contributed by atoms with E-state index >= 15 is 0 Å². The average molecular weight is 404 g/mol. The minimum atomic E-state index is -0.605. The molecule has 3 aliphatic heterocycles. The van der Waals surface area contributed by atoms with Crippen LogP contribution in [0.2, 0.25) is 0 Å². The van der Waals surface area contributed by atoms with Crippen LogP contribution in [0.3, 0.4) is 0 Å². The van der Waals surface area contributed by atoms with Gasteiger partial charge in [0.2, 0.25) is 11.8 Å². The summed E-state index contributed by atoms with van der Waals surface area (Å²) in [5.41, 5.74) is -0.605. The largest absolute Gasteiger partial charge is 0.381 e. The van der Waals surface area contributed by atoms with Crippen LogP contribution in [0.25, 0.3) is 0 Å². The van der Waals surface area contributed by atoms with Crippen molar-refractivity contribution in [3.63, 3.8) is 0 Å². The predicted octanol–water partition coefficient (Wildman–Crippen LogP) is 0.768. The van der Waals surface area contributed by atoms with E-state index in [1.807, 2.05) is 19.0 Å². The van der Waals surface area contributed by atoms with Crippen LogP contribution in [-0.2, 0) is 19.1 Å². The van der Waals surface area contributed by atoms with Crippen molar-refractivity contribution in [2.45, 2.75) is 25.7 Å². The highest BCUT2D eigenvalue weighted by molar-refractivity contribution is 5.89. The van der Waals surface area contributed by atoms with Gasteiger partial charge in [0.15, 0.2) is 0 Å². The van der Waals surface area contributed by atoms with Crippen LogP contribution in [0.5, 0.6) is 0 Å². The molecule has 2 amide bonds. The lowest BCUT2D eigenvalue weighted by molar-refractivity contribution is -0.146. The summed E-state index contributed by atoms with van der Waals surface area (Å²) in [6.45, 7) is 5.84. The Morgan fingerprint density at radius 3 is 2.11 bits per heavy atom. The van der Waals surface area contributed by atoms with Gasteiger partial charge < -0.3 is 24.6 Å². The molecule has 1 N–H and O–H groups in total. The number of nitrogens with one attached hydrogen (secondary N) is 1. The SMILES string of the molecule is CN(CC1CCOC1)C(=O)CC1(C(=O)N(C)CC2CCOC2)CCNC1.Cl. The fraction of sp³-hybridized carbons (Fsp3) is 0.895. The van der Waals surface area contributed by atoms with Crippen LogP contribution >= 0.6 is 12.4 Å². The van der Waals surface area contributed by atoms with E-state index in [0.717, 1.165) is 52.2 Å². The van der Waals surface area contributed by atoms with E-state index in [9.17, 15) is 9.59 Å². The number of carbonyl (C=O) groups excluding carboxylic acids is 2. The smallest absolute Gasteiger partial charge is 0.230 e. The fourth-order valence-electron chi connectivity index (χ4n) is 4.40. The molecule has 0 aromatic heterocycles. The Kier molecular flexibility index (Phi) is 8.34. The lowest BCUT2D eigenvalue weighted by Gasteiger charge is -2.34. The summed E-state index contributed by atoms with van der Waals surface area (Å²) >= 11 is 0. The van der Waals surface area contributed by atoms with Crippen LogP contribution in [0.4, 0.5) is 0 Å². The third-order valence-corrected chi connectivity index (χ3v) is 6.07. The van der Waals surface area contributed by atoms with E-state index in [-0.39, 0.29) is 30.6 Å². The van der Waals surface area contributed by atoms with Crippen molar-refractivity contribution in [3.8, 4) is 0 Å². The van der Waals surface area contributed by atoms with Gasteiger partial charge in [-0.25, -0.2) is 0 Å². The normalized spacial score (nSPS) is 30.1. The highest BCUT2D eigenvalue weighted by Crippen LogP contribution is 2.33. The number of halogens is 1. The quantitative estimate of drug-likeness (QED) is 0.679. The molecule has 0 aromatic rings. The predicted molar refractivity (Wildman–Crippen MR) is 105 cm³/mol. The first-order valence-electron chi connectivity index (χ1n) is 9.86. The summed E-state index contributed by atoms with van der Waals surface area (Å²) in [6.07, 6.45) is 3.03. The number of hydrogen-bond donors (Lipinski definition) is 1. The van der Waals surface area contributed by atoms with Crippen molar-refractivity contribution < 1.29 is 19.1 Å². The summed E-state index contributed by atoms with van der Waals surface area (Å²) in [5, 5.41) is 3.30. The number of rotatable bonds is 7. The Hall–Kier alpha value is -0.890. The number of carbonyl (C=O) groups is 2. The minimum absolute atomic E-state index is 0. The molecule has 7 nitrogen and oxygen atoms in total. The fourth-order valence-corrected chi connectivity index (χ4v) is 4.40. The molecule has 27 heavy (non-hydrogen) atoms. The molecule has 3 rings (SSSR count). The Labute approximate surface area is 168 Å². The summed E-state index contributed by atoms with van der Waals surface area (Å²) in [6, 6.07) is 0. The molecule has 156 valence electrons. The van der Waals surface area contributed by atoms with Gasteiger partial charge in [-0.1, -0.05) is 0 Å². The summed E-state index contributed by atoms with van der Waals surface area (Å²) in [5.74, 6) is 0.991. The van der Waals surface area contributed by atoms with Crippen LogP contribution in [-0.4, -0.2) is 88.3 Å². The van der Waals surface area contributed by atoms with Crippen LogP contribution < -0.4 is 5.32 Å². The average Bonchev–Trinajstić information content (AvgIpc) is 3.37. The van der Waals surface area contributed by atoms with E-state index in [0.29, 0.717) is 31.5 Å². The molecule has 0 aliphatic carbocycles. The third kappa shape index (κ3) is 5.56. The zero-order valence-electron chi connectivity index (χ0n) is 16.6. The second kappa shape index (κ2) is 10.0. The van der Waals surface area contributed by atoms with Crippen LogP contribution in [0.15, 0.2) is 0 Å². The van der Waals surface area contributed by atoms with Gasteiger partial charge >= 0.3 is 0 Å². The Morgan fingerprint density at radius 2 is 1.63 bits per heavy atom. The van der Waals surface area contributed by atoms with Gasteiger partial charge in [-0.15, -0.1) is 12.4 Å². The lowest BCUT2D eigenvalue weighted by atomic mass is 9.81. The van der Waals surface area contributed by atoms with Crippen LogP contribution in [0.1, 0.15) is 25.7 Å². The number of ether oxygens (including phenoxy) is 2. The molecule has 0 bridgehead atoms. The van der Waals surface area contributed by atoms with E-state index < -0.39 is 5.41 Å². The summed E-state index contributed by atoms with van der Waals surface area (Å²) in [4.78, 5) is 29.7. The van der Waals surface area contributed by atoms with E-state index in [4.69, 9.17) is 9.47 Å². The summed E-state index contributed by atoms with van der Waals surface area (Å²) in [7, 11) is 3.71. The molecule has 8 heteroatoms. The zero-order valence-corrected chi connectivity index (χ0v) is 17.4. The van der Waals surface area contributed by atoms with Gasteiger partial charge in [0.05, 0.1) is 18.6 Å². The lowest BCUT2D eigenvalue weighted by Crippen LogP contribution is -2.48. The molecular weight excluding hydrogens is 370 g/mol. The topological polar surface area (TPSA) is 71.1 Å². The van der Waals surface area contributed by atoms with E-state index in [2.05, 4.69) is 5.32 Å². The van der Waals surface area contributed by atoms with Crippen molar-refractivity contribution in [3.05, 3.63) is 0 Å². The highest BCUT2D eigenvalue weighted by atomic mass is 35.5. The van der Waals surface area contributed by atoms with Gasteiger partial charge in [-0.2, -0.15) is 0 Å². The molecule has 3 fully saturated rings. The molecular formula is C19H34ClN3O4.